The summed E-state index contributed by atoms with van der Waals surface area (Å²) in [6.45, 7) is 7.09. The molecule has 0 bridgehead atoms. The molecular formula is C18H24Cl2N4O. The summed E-state index contributed by atoms with van der Waals surface area (Å²) in [6.07, 6.45) is 2.39. The highest BCUT2D eigenvalue weighted by molar-refractivity contribution is 6.42. The minimum Gasteiger partial charge on any atom is -0.368 e. The van der Waals surface area contributed by atoms with Gasteiger partial charge in [-0.3, -0.25) is 9.69 Å². The van der Waals surface area contributed by atoms with E-state index < -0.39 is 6.04 Å². The van der Waals surface area contributed by atoms with Crippen molar-refractivity contribution in [2.24, 2.45) is 11.7 Å². The van der Waals surface area contributed by atoms with Gasteiger partial charge in [0.2, 0.25) is 5.91 Å². The first kappa shape index (κ1) is 19.8. The smallest absolute Gasteiger partial charge is 0.235 e. The Labute approximate surface area is 158 Å². The Hall–Kier alpha value is -1.56. The predicted octanol–water partition coefficient (Wildman–Crippen LogP) is 3.58. The number of rotatable bonds is 8. The molecule has 0 saturated carbocycles. The Kier molecular flexibility index (Phi) is 6.87. The number of carbonyl (C=O) groups is 1. The molecule has 1 amide bonds. The van der Waals surface area contributed by atoms with Gasteiger partial charge in [-0.05, 0) is 24.5 Å². The van der Waals surface area contributed by atoms with Gasteiger partial charge in [-0.15, -0.1) is 0 Å². The standard InChI is InChI=1S/C18H24Cl2N4O/c1-11(2)17(18(21)25)24(8-7-15-12(3)22-10-23-15)9-13-5-4-6-14(19)16(13)20/h4-6,10-11,17H,7-9H2,1-3H3,(H2,21,25)(H,22,23)/t17-/m0/s1. The fourth-order valence-electron chi connectivity index (χ4n) is 3.02. The molecule has 5 nitrogen and oxygen atoms in total. The minimum atomic E-state index is -0.394. The number of primary amides is 1. The lowest BCUT2D eigenvalue weighted by atomic mass is 10.00. The second-order valence-electron chi connectivity index (χ2n) is 6.50. The molecule has 2 aromatic rings. The topological polar surface area (TPSA) is 75.0 Å². The Morgan fingerprint density at radius 3 is 2.64 bits per heavy atom. The van der Waals surface area contributed by atoms with Crippen molar-refractivity contribution in [3.8, 4) is 0 Å². The van der Waals surface area contributed by atoms with Gasteiger partial charge < -0.3 is 10.7 Å². The highest BCUT2D eigenvalue weighted by Crippen LogP contribution is 2.27. The van der Waals surface area contributed by atoms with Crippen LogP contribution in [0.1, 0.15) is 30.8 Å². The molecule has 3 N–H and O–H groups in total. The maximum absolute atomic E-state index is 12.1. The Morgan fingerprint density at radius 2 is 2.08 bits per heavy atom. The zero-order valence-corrected chi connectivity index (χ0v) is 16.2. The first-order valence-corrected chi connectivity index (χ1v) is 9.02. The Morgan fingerprint density at radius 1 is 1.36 bits per heavy atom. The second-order valence-corrected chi connectivity index (χ2v) is 7.28. The average molecular weight is 383 g/mol. The monoisotopic (exact) mass is 382 g/mol. The number of nitrogens with one attached hydrogen (secondary N) is 1. The molecule has 0 aliphatic rings. The van der Waals surface area contributed by atoms with E-state index in [2.05, 4.69) is 14.9 Å². The van der Waals surface area contributed by atoms with E-state index in [1.807, 2.05) is 32.9 Å². The van der Waals surface area contributed by atoms with Crippen molar-refractivity contribution in [2.75, 3.05) is 6.54 Å². The van der Waals surface area contributed by atoms with Crippen molar-refractivity contribution in [1.29, 1.82) is 0 Å². The number of hydrogen-bond donors (Lipinski definition) is 2. The summed E-state index contributed by atoms with van der Waals surface area (Å²) >= 11 is 12.5. The molecule has 0 fully saturated rings. The lowest BCUT2D eigenvalue weighted by Crippen LogP contribution is -2.48. The summed E-state index contributed by atoms with van der Waals surface area (Å²) in [5.74, 6) is -0.261. The highest BCUT2D eigenvalue weighted by Gasteiger charge is 2.28. The second kappa shape index (κ2) is 8.70. The largest absolute Gasteiger partial charge is 0.368 e. The number of aryl methyl sites for hydroxylation is 1. The van der Waals surface area contributed by atoms with Crippen LogP contribution in [0.4, 0.5) is 0 Å². The number of carbonyl (C=O) groups excluding carboxylic acids is 1. The van der Waals surface area contributed by atoms with Crippen molar-refractivity contribution in [1.82, 2.24) is 14.9 Å². The number of nitrogens with zero attached hydrogens (tertiary/aromatic N) is 2. The number of amides is 1. The molecule has 7 heteroatoms. The van der Waals surface area contributed by atoms with E-state index in [-0.39, 0.29) is 11.8 Å². The molecule has 0 aliphatic heterocycles. The quantitative estimate of drug-likeness (QED) is 0.732. The maximum Gasteiger partial charge on any atom is 0.235 e. The van der Waals surface area contributed by atoms with Crippen LogP contribution in [-0.2, 0) is 17.8 Å². The van der Waals surface area contributed by atoms with Gasteiger partial charge in [-0.2, -0.15) is 0 Å². The summed E-state index contributed by atoms with van der Waals surface area (Å²) < 4.78 is 0. The molecule has 1 heterocycles. The van der Waals surface area contributed by atoms with Gasteiger partial charge in [0.1, 0.15) is 0 Å². The summed E-state index contributed by atoms with van der Waals surface area (Å²) in [4.78, 5) is 21.5. The van der Waals surface area contributed by atoms with E-state index in [1.165, 1.54) is 0 Å². The number of halogens is 2. The van der Waals surface area contributed by atoms with Gasteiger partial charge in [0, 0.05) is 25.2 Å². The molecule has 0 saturated heterocycles. The molecular weight excluding hydrogens is 359 g/mol. The molecule has 1 aromatic heterocycles. The molecule has 1 aromatic carbocycles. The zero-order valence-electron chi connectivity index (χ0n) is 14.7. The lowest BCUT2D eigenvalue weighted by Gasteiger charge is -2.32. The van der Waals surface area contributed by atoms with Crippen LogP contribution >= 0.6 is 23.2 Å². The molecule has 0 unspecified atom stereocenters. The van der Waals surface area contributed by atoms with E-state index in [0.717, 1.165) is 17.0 Å². The van der Waals surface area contributed by atoms with Crippen LogP contribution in [-0.4, -0.2) is 33.4 Å². The lowest BCUT2D eigenvalue weighted by molar-refractivity contribution is -0.125. The molecule has 2 rings (SSSR count). The van der Waals surface area contributed by atoms with Crippen molar-refractivity contribution in [3.05, 3.63) is 51.5 Å². The molecule has 25 heavy (non-hydrogen) atoms. The summed E-state index contributed by atoms with van der Waals surface area (Å²) in [5.41, 5.74) is 8.56. The van der Waals surface area contributed by atoms with Crippen LogP contribution in [0.5, 0.6) is 0 Å². The van der Waals surface area contributed by atoms with E-state index in [1.54, 1.807) is 12.4 Å². The third-order valence-electron chi connectivity index (χ3n) is 4.29. The van der Waals surface area contributed by atoms with Gasteiger partial charge in [0.05, 0.1) is 28.1 Å². The Balaban J connectivity index is 2.26. The number of hydrogen-bond acceptors (Lipinski definition) is 3. The van der Waals surface area contributed by atoms with E-state index in [0.29, 0.717) is 29.6 Å². The number of imidazole rings is 1. The molecule has 0 radical (unpaired) electrons. The number of H-pyrrole nitrogens is 1. The van der Waals surface area contributed by atoms with Crippen molar-refractivity contribution in [2.45, 2.75) is 39.8 Å². The van der Waals surface area contributed by atoms with E-state index in [4.69, 9.17) is 28.9 Å². The fourth-order valence-corrected chi connectivity index (χ4v) is 3.40. The van der Waals surface area contributed by atoms with Crippen LogP contribution in [0.2, 0.25) is 10.0 Å². The molecule has 0 spiro atoms. The fraction of sp³-hybridized carbons (Fsp3) is 0.444. The number of benzene rings is 1. The van der Waals surface area contributed by atoms with Crippen LogP contribution in [0.25, 0.3) is 0 Å². The first-order chi connectivity index (χ1) is 11.8. The molecule has 136 valence electrons. The molecule has 0 aliphatic carbocycles. The molecule has 1 atom stereocenters. The normalized spacial score (nSPS) is 12.8. The number of aromatic amines is 1. The third-order valence-corrected chi connectivity index (χ3v) is 5.15. The van der Waals surface area contributed by atoms with Crippen LogP contribution in [0, 0.1) is 12.8 Å². The summed E-state index contributed by atoms with van der Waals surface area (Å²) in [7, 11) is 0. The first-order valence-electron chi connectivity index (χ1n) is 8.26. The Bertz CT molecular complexity index is 730. The summed E-state index contributed by atoms with van der Waals surface area (Å²) in [6, 6.07) is 5.13. The highest BCUT2D eigenvalue weighted by atomic mass is 35.5. The SMILES string of the molecule is Cc1[nH]cnc1CCN(Cc1cccc(Cl)c1Cl)[C@H](C(N)=O)C(C)C. The zero-order chi connectivity index (χ0) is 18.6. The predicted molar refractivity (Wildman–Crippen MR) is 102 cm³/mol. The van der Waals surface area contributed by atoms with Crippen LogP contribution in [0.3, 0.4) is 0 Å². The van der Waals surface area contributed by atoms with Gasteiger partial charge in [0.25, 0.3) is 0 Å². The third kappa shape index (κ3) is 4.97. The number of nitrogens with two attached hydrogens (primary N) is 1. The van der Waals surface area contributed by atoms with Crippen LogP contribution < -0.4 is 5.73 Å². The number of aromatic nitrogens is 2. The van der Waals surface area contributed by atoms with Crippen molar-refractivity contribution < 1.29 is 4.79 Å². The summed E-state index contributed by atoms with van der Waals surface area (Å²) in [5, 5.41) is 1.01. The van der Waals surface area contributed by atoms with Crippen molar-refractivity contribution in [3.63, 3.8) is 0 Å². The minimum absolute atomic E-state index is 0.0794. The van der Waals surface area contributed by atoms with E-state index >= 15 is 0 Å². The van der Waals surface area contributed by atoms with Crippen LogP contribution in [0.15, 0.2) is 24.5 Å². The van der Waals surface area contributed by atoms with Gasteiger partial charge in [-0.1, -0.05) is 49.2 Å². The maximum atomic E-state index is 12.1. The van der Waals surface area contributed by atoms with E-state index in [9.17, 15) is 4.79 Å². The van der Waals surface area contributed by atoms with Gasteiger partial charge in [0.15, 0.2) is 0 Å². The van der Waals surface area contributed by atoms with Crippen molar-refractivity contribution >= 4 is 29.1 Å². The van der Waals surface area contributed by atoms with Gasteiger partial charge >= 0.3 is 0 Å². The average Bonchev–Trinajstić information content (AvgIpc) is 2.93. The van der Waals surface area contributed by atoms with Gasteiger partial charge in [-0.25, -0.2) is 4.98 Å².